The minimum atomic E-state index is -0.472. The molecule has 1 aliphatic rings. The molecule has 19 heavy (non-hydrogen) atoms. The third kappa shape index (κ3) is 3.71. The Morgan fingerprint density at radius 2 is 2.05 bits per heavy atom. The van der Waals surface area contributed by atoms with Gasteiger partial charge in [0.2, 0.25) is 0 Å². The molecule has 2 N–H and O–H groups in total. The molecule has 2 amide bonds. The highest BCUT2D eigenvalue weighted by atomic mass is 16.5. The lowest BCUT2D eigenvalue weighted by atomic mass is 9.98. The molecule has 0 spiro atoms. The summed E-state index contributed by atoms with van der Waals surface area (Å²) in [5, 5.41) is 0. The van der Waals surface area contributed by atoms with E-state index in [1.807, 2.05) is 30.3 Å². The van der Waals surface area contributed by atoms with Gasteiger partial charge in [-0.15, -0.1) is 0 Å². The first-order chi connectivity index (χ1) is 9.16. The van der Waals surface area contributed by atoms with Crippen molar-refractivity contribution in [3.8, 4) is 0 Å². The lowest BCUT2D eigenvalue weighted by Gasteiger charge is -2.30. The highest BCUT2D eigenvalue weighted by Gasteiger charge is 2.28. The minimum absolute atomic E-state index is 0.255. The number of hydrogen-bond donors (Lipinski definition) is 1. The molecule has 0 saturated carbocycles. The maximum Gasteiger partial charge on any atom is 0.314 e. The molecule has 1 atom stereocenters. The van der Waals surface area contributed by atoms with E-state index in [9.17, 15) is 9.59 Å². The zero-order valence-corrected chi connectivity index (χ0v) is 10.7. The number of esters is 1. The van der Waals surface area contributed by atoms with Crippen LogP contribution in [-0.4, -0.2) is 30.0 Å². The van der Waals surface area contributed by atoms with Gasteiger partial charge < -0.3 is 15.4 Å². The van der Waals surface area contributed by atoms with E-state index in [2.05, 4.69) is 0 Å². The fourth-order valence-electron chi connectivity index (χ4n) is 2.22. The van der Waals surface area contributed by atoms with Gasteiger partial charge >= 0.3 is 12.0 Å². The number of carbonyl (C=O) groups is 2. The second kappa shape index (κ2) is 6.22. The smallest absolute Gasteiger partial charge is 0.314 e. The highest BCUT2D eigenvalue weighted by Crippen LogP contribution is 2.18. The van der Waals surface area contributed by atoms with Crippen LogP contribution < -0.4 is 5.73 Å². The lowest BCUT2D eigenvalue weighted by Crippen LogP contribution is -2.45. The van der Waals surface area contributed by atoms with Gasteiger partial charge in [-0.3, -0.25) is 4.79 Å². The summed E-state index contributed by atoms with van der Waals surface area (Å²) in [5.41, 5.74) is 6.19. The van der Waals surface area contributed by atoms with Crippen LogP contribution in [0, 0.1) is 5.92 Å². The van der Waals surface area contributed by atoms with E-state index in [-0.39, 0.29) is 18.5 Å². The van der Waals surface area contributed by atoms with Crippen molar-refractivity contribution >= 4 is 12.0 Å². The molecule has 1 aliphatic heterocycles. The Balaban J connectivity index is 1.84. The molecule has 0 aliphatic carbocycles. The number of ether oxygens (including phenoxy) is 1. The van der Waals surface area contributed by atoms with Crippen molar-refractivity contribution in [1.29, 1.82) is 0 Å². The zero-order valence-electron chi connectivity index (χ0n) is 10.7. The van der Waals surface area contributed by atoms with Crippen molar-refractivity contribution in [2.24, 2.45) is 11.7 Å². The van der Waals surface area contributed by atoms with Gasteiger partial charge in [-0.25, -0.2) is 4.79 Å². The molecule has 1 fully saturated rings. The van der Waals surface area contributed by atoms with Crippen LogP contribution in [0.1, 0.15) is 18.4 Å². The average Bonchev–Trinajstić information content (AvgIpc) is 2.46. The predicted octanol–water partition coefficient (Wildman–Crippen LogP) is 1.52. The Morgan fingerprint density at radius 1 is 1.32 bits per heavy atom. The quantitative estimate of drug-likeness (QED) is 0.839. The number of likely N-dealkylation sites (tertiary alicyclic amines) is 1. The van der Waals surface area contributed by atoms with Crippen LogP contribution in [0.5, 0.6) is 0 Å². The molecule has 0 bridgehead atoms. The number of benzene rings is 1. The third-order valence-electron chi connectivity index (χ3n) is 3.29. The van der Waals surface area contributed by atoms with Crippen LogP contribution in [-0.2, 0) is 16.1 Å². The summed E-state index contributed by atoms with van der Waals surface area (Å²) in [6.45, 7) is 1.26. The Bertz CT molecular complexity index is 447. The summed E-state index contributed by atoms with van der Waals surface area (Å²) in [6.07, 6.45) is 1.53. The monoisotopic (exact) mass is 262 g/mol. The molecule has 5 nitrogen and oxygen atoms in total. The van der Waals surface area contributed by atoms with E-state index in [0.29, 0.717) is 13.1 Å². The van der Waals surface area contributed by atoms with E-state index in [4.69, 9.17) is 10.5 Å². The Hall–Kier alpha value is -2.04. The third-order valence-corrected chi connectivity index (χ3v) is 3.29. The Kier molecular flexibility index (Phi) is 4.39. The SMILES string of the molecule is NC(=O)N1CCCC(C(=O)OCc2ccccc2)C1. The van der Waals surface area contributed by atoms with Gasteiger partial charge in [0, 0.05) is 13.1 Å². The number of nitrogens with zero attached hydrogens (tertiary/aromatic N) is 1. The van der Waals surface area contributed by atoms with Gasteiger partial charge in [-0.05, 0) is 18.4 Å². The fraction of sp³-hybridized carbons (Fsp3) is 0.429. The van der Waals surface area contributed by atoms with Gasteiger partial charge in [0.25, 0.3) is 0 Å². The molecule has 0 radical (unpaired) electrons. The van der Waals surface area contributed by atoms with Gasteiger partial charge in [0.1, 0.15) is 6.61 Å². The molecular formula is C14H18N2O3. The van der Waals surface area contributed by atoms with Crippen molar-refractivity contribution in [3.05, 3.63) is 35.9 Å². The summed E-state index contributed by atoms with van der Waals surface area (Å²) in [6, 6.07) is 9.06. The summed E-state index contributed by atoms with van der Waals surface area (Å²) in [5.74, 6) is -0.514. The van der Waals surface area contributed by atoms with Crippen LogP contribution in [0.25, 0.3) is 0 Å². The lowest BCUT2D eigenvalue weighted by molar-refractivity contribution is -0.151. The summed E-state index contributed by atoms with van der Waals surface area (Å²) in [4.78, 5) is 24.5. The van der Waals surface area contributed by atoms with Crippen LogP contribution >= 0.6 is 0 Å². The predicted molar refractivity (Wildman–Crippen MR) is 70.1 cm³/mol. The number of primary amides is 1. The number of carbonyl (C=O) groups excluding carboxylic acids is 2. The maximum atomic E-state index is 11.9. The largest absolute Gasteiger partial charge is 0.461 e. The molecule has 1 heterocycles. The Labute approximate surface area is 112 Å². The highest BCUT2D eigenvalue weighted by molar-refractivity contribution is 5.76. The molecule has 5 heteroatoms. The van der Waals surface area contributed by atoms with Gasteiger partial charge in [0.15, 0.2) is 0 Å². The first-order valence-corrected chi connectivity index (χ1v) is 6.42. The summed E-state index contributed by atoms with van der Waals surface area (Å²) < 4.78 is 5.28. The van der Waals surface area contributed by atoms with E-state index in [1.54, 1.807) is 0 Å². The second-order valence-corrected chi connectivity index (χ2v) is 4.72. The first-order valence-electron chi connectivity index (χ1n) is 6.42. The van der Waals surface area contributed by atoms with Crippen molar-refractivity contribution < 1.29 is 14.3 Å². The Morgan fingerprint density at radius 3 is 2.74 bits per heavy atom. The number of nitrogens with two attached hydrogens (primary N) is 1. The molecule has 0 aromatic heterocycles. The summed E-state index contributed by atoms with van der Waals surface area (Å²) in [7, 11) is 0. The van der Waals surface area contributed by atoms with Crippen LogP contribution in [0.15, 0.2) is 30.3 Å². The topological polar surface area (TPSA) is 72.6 Å². The van der Waals surface area contributed by atoms with Crippen molar-refractivity contribution in [3.63, 3.8) is 0 Å². The van der Waals surface area contributed by atoms with Crippen LogP contribution in [0.2, 0.25) is 0 Å². The van der Waals surface area contributed by atoms with Crippen LogP contribution in [0.3, 0.4) is 0 Å². The van der Waals surface area contributed by atoms with Gasteiger partial charge in [-0.2, -0.15) is 0 Å². The van der Waals surface area contributed by atoms with Gasteiger partial charge in [0.05, 0.1) is 5.92 Å². The van der Waals surface area contributed by atoms with Crippen molar-refractivity contribution in [2.75, 3.05) is 13.1 Å². The molecule has 1 aromatic carbocycles. The standard InChI is InChI=1S/C14H18N2O3/c15-14(18)16-8-4-7-12(9-16)13(17)19-10-11-5-2-1-3-6-11/h1-3,5-6,12H,4,7-10H2,(H2,15,18). The molecular weight excluding hydrogens is 244 g/mol. The van der Waals surface area contributed by atoms with E-state index in [1.165, 1.54) is 4.90 Å². The molecule has 1 aromatic rings. The molecule has 1 unspecified atom stereocenters. The number of urea groups is 1. The van der Waals surface area contributed by atoms with Crippen molar-refractivity contribution in [2.45, 2.75) is 19.4 Å². The first kappa shape index (κ1) is 13.4. The average molecular weight is 262 g/mol. The second-order valence-electron chi connectivity index (χ2n) is 4.72. The van der Waals surface area contributed by atoms with E-state index >= 15 is 0 Å². The normalized spacial score (nSPS) is 18.9. The zero-order chi connectivity index (χ0) is 13.7. The molecule has 102 valence electrons. The van der Waals surface area contributed by atoms with E-state index < -0.39 is 6.03 Å². The fourth-order valence-corrected chi connectivity index (χ4v) is 2.22. The number of amides is 2. The molecule has 1 saturated heterocycles. The summed E-state index contributed by atoms with van der Waals surface area (Å²) >= 11 is 0. The van der Waals surface area contributed by atoms with Crippen LogP contribution in [0.4, 0.5) is 4.79 Å². The number of rotatable bonds is 3. The number of hydrogen-bond acceptors (Lipinski definition) is 3. The van der Waals surface area contributed by atoms with Crippen molar-refractivity contribution in [1.82, 2.24) is 4.90 Å². The van der Waals surface area contributed by atoms with E-state index in [0.717, 1.165) is 18.4 Å². The minimum Gasteiger partial charge on any atom is -0.461 e. The number of piperidine rings is 1. The van der Waals surface area contributed by atoms with Gasteiger partial charge in [-0.1, -0.05) is 30.3 Å². The molecule has 2 rings (SSSR count). The maximum absolute atomic E-state index is 11.9.